The van der Waals surface area contributed by atoms with Crippen molar-refractivity contribution < 1.29 is 0 Å². The summed E-state index contributed by atoms with van der Waals surface area (Å²) in [7, 11) is 0. The van der Waals surface area contributed by atoms with Crippen LogP contribution < -0.4 is 15.5 Å². The molecule has 1 heterocycles. The van der Waals surface area contributed by atoms with E-state index in [0.29, 0.717) is 0 Å². The fourth-order valence-corrected chi connectivity index (χ4v) is 3.02. The molecular weight excluding hydrogens is 342 g/mol. The molecule has 0 fully saturated rings. The number of anilines is 2. The first-order valence-electron chi connectivity index (χ1n) is 10.2. The van der Waals surface area contributed by atoms with Crippen LogP contribution in [-0.2, 0) is 6.42 Å². The Kier molecular flexibility index (Phi) is 8.41. The summed E-state index contributed by atoms with van der Waals surface area (Å²) in [5, 5.41) is 6.73. The van der Waals surface area contributed by atoms with Crippen LogP contribution in [0.3, 0.4) is 0 Å². The van der Waals surface area contributed by atoms with E-state index in [0.717, 1.165) is 36.5 Å². The Morgan fingerprint density at radius 2 is 1.86 bits per heavy atom. The number of nitrogens with zero attached hydrogens (tertiary/aromatic N) is 1. The van der Waals surface area contributed by atoms with E-state index >= 15 is 0 Å². The minimum Gasteiger partial charge on any atom is -0.370 e. The Hall–Kier alpha value is -2.94. The summed E-state index contributed by atoms with van der Waals surface area (Å²) in [4.78, 5) is 2.20. The molecule has 3 rings (SSSR count). The zero-order valence-corrected chi connectivity index (χ0v) is 17.6. The first-order valence-corrected chi connectivity index (χ1v) is 10.2. The molecule has 0 aromatic heterocycles. The molecule has 0 aliphatic carbocycles. The quantitative estimate of drug-likeness (QED) is 0.539. The second kappa shape index (κ2) is 11.0. The van der Waals surface area contributed by atoms with Crippen LogP contribution in [0.2, 0.25) is 0 Å². The Labute approximate surface area is 170 Å². The standard InChI is InChI=1S/C23H27N3.C2H6/c1-4-7-21-8-5-6-9-23(21)25-18(2)10-11-20-12-14-22(15-13-20)26-16-19(3)24-17-26;1-2/h5-6,8-16,24-25H,2,4,7,17H2,1,3H3;1-2H3/b11-10+;. The van der Waals surface area contributed by atoms with Crippen LogP contribution in [0.4, 0.5) is 11.4 Å². The number of benzene rings is 2. The number of allylic oxidation sites excluding steroid dienone is 2. The molecular formula is C25H33N3. The molecule has 0 radical (unpaired) electrons. The van der Waals surface area contributed by atoms with Gasteiger partial charge in [-0.25, -0.2) is 0 Å². The van der Waals surface area contributed by atoms with E-state index in [4.69, 9.17) is 0 Å². The highest BCUT2D eigenvalue weighted by molar-refractivity contribution is 5.62. The molecule has 0 unspecified atom stereocenters. The van der Waals surface area contributed by atoms with Crippen molar-refractivity contribution in [2.45, 2.75) is 40.5 Å². The fourth-order valence-electron chi connectivity index (χ4n) is 3.02. The smallest absolute Gasteiger partial charge is 0.0918 e. The summed E-state index contributed by atoms with van der Waals surface area (Å²) in [5.41, 5.74) is 6.91. The highest BCUT2D eigenvalue weighted by atomic mass is 15.3. The van der Waals surface area contributed by atoms with Gasteiger partial charge in [0.05, 0.1) is 6.67 Å². The fraction of sp³-hybridized carbons (Fsp3) is 0.280. The van der Waals surface area contributed by atoms with Gasteiger partial charge in [0.15, 0.2) is 0 Å². The first-order chi connectivity index (χ1) is 13.7. The molecule has 3 heteroatoms. The molecule has 1 aliphatic heterocycles. The number of aryl methyl sites for hydroxylation is 1. The summed E-state index contributed by atoms with van der Waals surface area (Å²) in [6.07, 6.45) is 8.45. The van der Waals surface area contributed by atoms with E-state index < -0.39 is 0 Å². The molecule has 148 valence electrons. The average molecular weight is 376 g/mol. The molecule has 0 saturated heterocycles. The largest absolute Gasteiger partial charge is 0.370 e. The average Bonchev–Trinajstić information content (AvgIpc) is 3.16. The minimum atomic E-state index is 0.832. The zero-order valence-electron chi connectivity index (χ0n) is 17.6. The molecule has 0 spiro atoms. The maximum atomic E-state index is 4.13. The van der Waals surface area contributed by atoms with Crippen molar-refractivity contribution in [2.24, 2.45) is 0 Å². The lowest BCUT2D eigenvalue weighted by molar-refractivity contribution is 0.865. The van der Waals surface area contributed by atoms with Crippen molar-refractivity contribution in [1.29, 1.82) is 0 Å². The van der Waals surface area contributed by atoms with Crippen LogP contribution in [0.5, 0.6) is 0 Å². The molecule has 0 bridgehead atoms. The monoisotopic (exact) mass is 375 g/mol. The van der Waals surface area contributed by atoms with Gasteiger partial charge in [0.2, 0.25) is 0 Å². The van der Waals surface area contributed by atoms with Gasteiger partial charge in [-0.15, -0.1) is 0 Å². The van der Waals surface area contributed by atoms with Gasteiger partial charge in [0, 0.05) is 29.0 Å². The molecule has 3 nitrogen and oxygen atoms in total. The first kappa shape index (κ1) is 21.4. The normalized spacial score (nSPS) is 12.9. The molecule has 2 aromatic rings. The predicted octanol–water partition coefficient (Wildman–Crippen LogP) is 6.53. The molecule has 2 N–H and O–H groups in total. The van der Waals surface area contributed by atoms with Crippen LogP contribution in [0.25, 0.3) is 6.08 Å². The predicted molar refractivity (Wildman–Crippen MR) is 124 cm³/mol. The number of para-hydroxylation sites is 1. The highest BCUT2D eigenvalue weighted by Gasteiger charge is 2.09. The van der Waals surface area contributed by atoms with E-state index in [1.165, 1.54) is 16.9 Å². The van der Waals surface area contributed by atoms with Crippen molar-refractivity contribution in [1.82, 2.24) is 5.32 Å². The molecule has 0 atom stereocenters. The van der Waals surface area contributed by atoms with Crippen LogP contribution in [0, 0.1) is 0 Å². The Balaban J connectivity index is 0.00000136. The third kappa shape index (κ3) is 6.05. The second-order valence-electron chi connectivity index (χ2n) is 6.60. The van der Waals surface area contributed by atoms with Gasteiger partial charge in [-0.05, 0) is 48.7 Å². The van der Waals surface area contributed by atoms with Crippen LogP contribution in [0.15, 0.2) is 78.8 Å². The van der Waals surface area contributed by atoms with Gasteiger partial charge in [-0.3, -0.25) is 0 Å². The third-order valence-electron chi connectivity index (χ3n) is 4.41. The molecule has 0 amide bonds. The number of nitrogens with one attached hydrogen (secondary N) is 2. The molecule has 0 saturated carbocycles. The lowest BCUT2D eigenvalue weighted by atomic mass is 10.1. The van der Waals surface area contributed by atoms with E-state index in [1.807, 2.05) is 19.9 Å². The van der Waals surface area contributed by atoms with Crippen LogP contribution >= 0.6 is 0 Å². The Morgan fingerprint density at radius 1 is 1.14 bits per heavy atom. The van der Waals surface area contributed by atoms with Crippen molar-refractivity contribution in [3.05, 3.63) is 89.9 Å². The van der Waals surface area contributed by atoms with Gasteiger partial charge in [0.1, 0.15) is 0 Å². The maximum Gasteiger partial charge on any atom is 0.0918 e. The minimum absolute atomic E-state index is 0.832. The highest BCUT2D eigenvalue weighted by Crippen LogP contribution is 2.21. The number of hydrogen-bond acceptors (Lipinski definition) is 3. The summed E-state index contributed by atoms with van der Waals surface area (Å²) >= 11 is 0. The van der Waals surface area contributed by atoms with E-state index in [1.54, 1.807) is 0 Å². The summed E-state index contributed by atoms with van der Waals surface area (Å²) < 4.78 is 0. The Bertz CT molecular complexity index is 816. The zero-order chi connectivity index (χ0) is 20.4. The lowest BCUT2D eigenvalue weighted by Gasteiger charge is -2.14. The second-order valence-corrected chi connectivity index (χ2v) is 6.60. The summed E-state index contributed by atoms with van der Waals surface area (Å²) in [5.74, 6) is 0. The molecule has 2 aromatic carbocycles. The van der Waals surface area contributed by atoms with Gasteiger partial charge >= 0.3 is 0 Å². The topological polar surface area (TPSA) is 27.3 Å². The molecule has 28 heavy (non-hydrogen) atoms. The van der Waals surface area contributed by atoms with Gasteiger partial charge < -0.3 is 15.5 Å². The van der Waals surface area contributed by atoms with Crippen molar-refractivity contribution in [3.8, 4) is 0 Å². The van der Waals surface area contributed by atoms with Crippen molar-refractivity contribution >= 4 is 17.5 Å². The van der Waals surface area contributed by atoms with Gasteiger partial charge in [0.25, 0.3) is 0 Å². The van der Waals surface area contributed by atoms with Crippen LogP contribution in [-0.4, -0.2) is 6.67 Å². The van der Waals surface area contributed by atoms with E-state index in [2.05, 4.69) is 96.8 Å². The van der Waals surface area contributed by atoms with Crippen LogP contribution in [0.1, 0.15) is 45.2 Å². The van der Waals surface area contributed by atoms with Crippen molar-refractivity contribution in [3.63, 3.8) is 0 Å². The van der Waals surface area contributed by atoms with Crippen molar-refractivity contribution in [2.75, 3.05) is 16.9 Å². The van der Waals surface area contributed by atoms with E-state index in [-0.39, 0.29) is 0 Å². The van der Waals surface area contributed by atoms with Gasteiger partial charge in [-0.1, -0.05) is 70.2 Å². The third-order valence-corrected chi connectivity index (χ3v) is 4.41. The summed E-state index contributed by atoms with van der Waals surface area (Å²) in [6.45, 7) is 13.2. The lowest BCUT2D eigenvalue weighted by Crippen LogP contribution is -2.20. The van der Waals surface area contributed by atoms with Gasteiger partial charge in [-0.2, -0.15) is 0 Å². The number of rotatable bonds is 7. The summed E-state index contributed by atoms with van der Waals surface area (Å²) in [6, 6.07) is 17.0. The Morgan fingerprint density at radius 3 is 2.50 bits per heavy atom. The number of hydrogen-bond donors (Lipinski definition) is 2. The maximum absolute atomic E-state index is 4.13. The molecule has 1 aliphatic rings. The van der Waals surface area contributed by atoms with E-state index in [9.17, 15) is 0 Å². The SMILES string of the molecule is C=C(/C=C/c1ccc(N2C=C(C)NC2)cc1)Nc1ccccc1CCC.CC.